The summed E-state index contributed by atoms with van der Waals surface area (Å²) in [6.45, 7) is 5.59. The van der Waals surface area contributed by atoms with Crippen LogP contribution in [0.1, 0.15) is 32.1 Å². The van der Waals surface area contributed by atoms with Crippen molar-refractivity contribution >= 4 is 35.4 Å². The maximum Gasteiger partial charge on any atom is 0.236 e. The van der Waals surface area contributed by atoms with Crippen molar-refractivity contribution < 1.29 is 9.59 Å². The molecule has 0 aromatic carbocycles. The first-order chi connectivity index (χ1) is 15.1. The van der Waals surface area contributed by atoms with Crippen molar-refractivity contribution in [2.24, 2.45) is 0 Å². The summed E-state index contributed by atoms with van der Waals surface area (Å²) in [7, 11) is 0. The molecule has 2 fully saturated rings. The standard InChI is InChI=1S/C21H30N6O2S2/c28-18(7-10-27-20(22-23-21(27)30)17-6-5-15-31-17)26-13-11-24(12-14-26)16-19(29)25-8-3-1-2-4-9-25/h5-6,15H,1-4,7-14,16H2,(H,23,30). The second-order valence-corrected chi connectivity index (χ2v) is 9.52. The van der Waals surface area contributed by atoms with Gasteiger partial charge in [0.1, 0.15) is 0 Å². The van der Waals surface area contributed by atoms with Crippen LogP contribution < -0.4 is 0 Å². The van der Waals surface area contributed by atoms with Gasteiger partial charge in [0.05, 0.1) is 11.4 Å². The molecule has 10 heteroatoms. The van der Waals surface area contributed by atoms with E-state index in [4.69, 9.17) is 12.2 Å². The summed E-state index contributed by atoms with van der Waals surface area (Å²) in [6, 6.07) is 3.98. The van der Waals surface area contributed by atoms with Gasteiger partial charge in [0.2, 0.25) is 11.8 Å². The number of hydrogen-bond acceptors (Lipinski definition) is 6. The number of likely N-dealkylation sites (tertiary alicyclic amines) is 1. The number of nitrogens with one attached hydrogen (secondary N) is 1. The van der Waals surface area contributed by atoms with Gasteiger partial charge in [0, 0.05) is 52.2 Å². The highest BCUT2D eigenvalue weighted by Gasteiger charge is 2.24. The predicted molar refractivity (Wildman–Crippen MR) is 123 cm³/mol. The summed E-state index contributed by atoms with van der Waals surface area (Å²) in [5, 5.41) is 9.16. The Bertz CT molecular complexity index is 922. The highest BCUT2D eigenvalue weighted by molar-refractivity contribution is 7.71. The van der Waals surface area contributed by atoms with E-state index in [1.54, 1.807) is 11.3 Å². The summed E-state index contributed by atoms with van der Waals surface area (Å²) in [6.07, 6.45) is 5.07. The number of hydrogen-bond donors (Lipinski definition) is 1. The summed E-state index contributed by atoms with van der Waals surface area (Å²) < 4.78 is 2.43. The van der Waals surface area contributed by atoms with Crippen molar-refractivity contribution in [2.45, 2.75) is 38.6 Å². The minimum atomic E-state index is 0.124. The van der Waals surface area contributed by atoms with Gasteiger partial charge in [-0.2, -0.15) is 5.10 Å². The molecule has 4 heterocycles. The highest BCUT2D eigenvalue weighted by Crippen LogP contribution is 2.23. The Labute approximate surface area is 191 Å². The molecule has 4 rings (SSSR count). The lowest BCUT2D eigenvalue weighted by Crippen LogP contribution is -2.51. The average Bonchev–Trinajstić information content (AvgIpc) is 3.34. The molecule has 168 valence electrons. The Balaban J connectivity index is 1.24. The molecule has 0 aliphatic carbocycles. The van der Waals surface area contributed by atoms with E-state index in [1.165, 1.54) is 12.8 Å². The minimum absolute atomic E-state index is 0.124. The van der Waals surface area contributed by atoms with Crippen molar-refractivity contribution in [3.63, 3.8) is 0 Å². The van der Waals surface area contributed by atoms with E-state index in [-0.39, 0.29) is 11.8 Å². The number of nitrogens with zero attached hydrogens (tertiary/aromatic N) is 5. The number of aromatic amines is 1. The number of thiophene rings is 1. The van der Waals surface area contributed by atoms with E-state index in [2.05, 4.69) is 15.1 Å². The summed E-state index contributed by atoms with van der Waals surface area (Å²) in [4.78, 5) is 32.5. The molecule has 2 aliphatic rings. The van der Waals surface area contributed by atoms with Gasteiger partial charge in [-0.25, -0.2) is 0 Å². The van der Waals surface area contributed by atoms with Crippen LogP contribution in [-0.2, 0) is 16.1 Å². The molecule has 0 atom stereocenters. The van der Waals surface area contributed by atoms with Gasteiger partial charge in [-0.15, -0.1) is 11.3 Å². The predicted octanol–water partition coefficient (Wildman–Crippen LogP) is 2.61. The monoisotopic (exact) mass is 462 g/mol. The zero-order valence-electron chi connectivity index (χ0n) is 17.8. The summed E-state index contributed by atoms with van der Waals surface area (Å²) in [5.74, 6) is 1.14. The molecule has 2 saturated heterocycles. The van der Waals surface area contributed by atoms with Crippen LogP contribution in [0.5, 0.6) is 0 Å². The third-order valence-corrected chi connectivity index (χ3v) is 7.27. The Hall–Kier alpha value is -2.04. The number of rotatable bonds is 6. The van der Waals surface area contributed by atoms with Crippen LogP contribution in [0.4, 0.5) is 0 Å². The van der Waals surface area contributed by atoms with Gasteiger partial charge >= 0.3 is 0 Å². The Morgan fingerprint density at radius 2 is 1.71 bits per heavy atom. The van der Waals surface area contributed by atoms with Crippen molar-refractivity contribution in [1.82, 2.24) is 29.5 Å². The smallest absolute Gasteiger partial charge is 0.236 e. The van der Waals surface area contributed by atoms with Crippen molar-refractivity contribution in [2.75, 3.05) is 45.8 Å². The Kier molecular flexibility index (Phi) is 7.52. The minimum Gasteiger partial charge on any atom is -0.342 e. The van der Waals surface area contributed by atoms with Gasteiger partial charge < -0.3 is 9.80 Å². The first-order valence-electron chi connectivity index (χ1n) is 11.1. The van der Waals surface area contributed by atoms with Crippen LogP contribution >= 0.6 is 23.6 Å². The third kappa shape index (κ3) is 5.61. The molecule has 0 unspecified atom stereocenters. The van der Waals surface area contributed by atoms with Crippen molar-refractivity contribution in [3.05, 3.63) is 22.3 Å². The maximum absolute atomic E-state index is 12.8. The SMILES string of the molecule is O=C(CCn1c(-c2cccs2)n[nH]c1=S)N1CCN(CC(=O)N2CCCCCC2)CC1. The fourth-order valence-corrected chi connectivity index (χ4v) is 5.20. The third-order valence-electron chi connectivity index (χ3n) is 6.09. The van der Waals surface area contributed by atoms with E-state index in [1.807, 2.05) is 31.9 Å². The molecule has 31 heavy (non-hydrogen) atoms. The number of carbonyl (C=O) groups excluding carboxylic acids is 2. The van der Waals surface area contributed by atoms with Crippen LogP contribution in [0.25, 0.3) is 10.7 Å². The quantitative estimate of drug-likeness (QED) is 0.668. The molecular weight excluding hydrogens is 432 g/mol. The normalized spacial score (nSPS) is 18.2. The molecule has 0 bridgehead atoms. The lowest BCUT2D eigenvalue weighted by atomic mass is 10.2. The number of amides is 2. The lowest BCUT2D eigenvalue weighted by molar-refractivity contribution is -0.135. The highest BCUT2D eigenvalue weighted by atomic mass is 32.1. The van der Waals surface area contributed by atoms with Crippen LogP contribution in [0.15, 0.2) is 17.5 Å². The molecule has 0 spiro atoms. The van der Waals surface area contributed by atoms with Crippen molar-refractivity contribution in [1.29, 1.82) is 0 Å². The average molecular weight is 463 g/mol. The molecular formula is C21H30N6O2S2. The zero-order chi connectivity index (χ0) is 21.6. The van der Waals surface area contributed by atoms with E-state index in [0.717, 1.165) is 49.7 Å². The first-order valence-corrected chi connectivity index (χ1v) is 12.4. The molecule has 2 aromatic heterocycles. The first kappa shape index (κ1) is 22.2. The Morgan fingerprint density at radius 1 is 1.00 bits per heavy atom. The van der Waals surface area contributed by atoms with Gasteiger partial charge in [0.15, 0.2) is 10.6 Å². The van der Waals surface area contributed by atoms with Gasteiger partial charge in [-0.05, 0) is 36.5 Å². The number of carbonyl (C=O) groups is 2. The number of piperazine rings is 1. The zero-order valence-corrected chi connectivity index (χ0v) is 19.4. The lowest BCUT2D eigenvalue weighted by Gasteiger charge is -2.35. The van der Waals surface area contributed by atoms with Gasteiger partial charge in [0.25, 0.3) is 0 Å². The molecule has 2 aromatic rings. The fraction of sp³-hybridized carbons (Fsp3) is 0.619. The van der Waals surface area contributed by atoms with Crippen LogP contribution in [0.2, 0.25) is 0 Å². The summed E-state index contributed by atoms with van der Waals surface area (Å²) in [5.41, 5.74) is 0. The molecule has 2 aliphatic heterocycles. The van der Waals surface area contributed by atoms with E-state index in [0.29, 0.717) is 37.4 Å². The van der Waals surface area contributed by atoms with Gasteiger partial charge in [-0.1, -0.05) is 18.9 Å². The largest absolute Gasteiger partial charge is 0.342 e. The molecule has 2 amide bonds. The number of aromatic nitrogens is 3. The van der Waals surface area contributed by atoms with Crippen LogP contribution in [-0.4, -0.2) is 87.1 Å². The van der Waals surface area contributed by atoms with E-state index >= 15 is 0 Å². The Morgan fingerprint density at radius 3 is 2.39 bits per heavy atom. The fourth-order valence-electron chi connectivity index (χ4n) is 4.25. The van der Waals surface area contributed by atoms with E-state index < -0.39 is 0 Å². The van der Waals surface area contributed by atoms with Crippen molar-refractivity contribution in [3.8, 4) is 10.7 Å². The molecule has 0 radical (unpaired) electrons. The second-order valence-electron chi connectivity index (χ2n) is 8.18. The summed E-state index contributed by atoms with van der Waals surface area (Å²) >= 11 is 6.96. The number of H-pyrrole nitrogens is 1. The molecule has 0 saturated carbocycles. The topological polar surface area (TPSA) is 77.5 Å². The second kappa shape index (κ2) is 10.5. The maximum atomic E-state index is 12.8. The molecule has 1 N–H and O–H groups in total. The van der Waals surface area contributed by atoms with Gasteiger partial charge in [-0.3, -0.25) is 24.2 Å². The molecule has 8 nitrogen and oxygen atoms in total. The van der Waals surface area contributed by atoms with E-state index in [9.17, 15) is 9.59 Å². The van der Waals surface area contributed by atoms with Crippen LogP contribution in [0, 0.1) is 4.77 Å². The van der Waals surface area contributed by atoms with Crippen LogP contribution in [0.3, 0.4) is 0 Å².